The summed E-state index contributed by atoms with van der Waals surface area (Å²) in [7, 11) is 0. The summed E-state index contributed by atoms with van der Waals surface area (Å²) >= 11 is 0. The molecule has 1 saturated heterocycles. The Morgan fingerprint density at radius 2 is 2.03 bits per heavy atom. The Bertz CT molecular complexity index is 1180. The molecular weight excluding hydrogens is 440 g/mol. The van der Waals surface area contributed by atoms with Crippen LogP contribution in [-0.2, 0) is 10.9 Å². The summed E-state index contributed by atoms with van der Waals surface area (Å²) < 4.78 is 66.3. The minimum absolute atomic E-state index is 0.0838. The van der Waals surface area contributed by atoms with Crippen LogP contribution in [0, 0.1) is 5.82 Å². The average molecular weight is 462 g/mol. The first-order chi connectivity index (χ1) is 15.8. The molecule has 0 spiro atoms. The smallest absolute Gasteiger partial charge is 0.449 e. The lowest BCUT2D eigenvalue weighted by molar-refractivity contribution is -0.144. The maximum absolute atomic E-state index is 15.0. The van der Waals surface area contributed by atoms with Crippen LogP contribution in [0.5, 0.6) is 5.75 Å². The second-order valence-corrected chi connectivity index (χ2v) is 8.08. The molecule has 3 heterocycles. The zero-order chi connectivity index (χ0) is 23.2. The number of imidazole rings is 1. The van der Waals surface area contributed by atoms with Gasteiger partial charge in [-0.2, -0.15) is 13.2 Å². The van der Waals surface area contributed by atoms with E-state index in [1.165, 1.54) is 6.07 Å². The van der Waals surface area contributed by atoms with Crippen molar-refractivity contribution >= 4 is 16.7 Å². The SMILES string of the molecule is C=CC1CN(C2COc3ccccc3C2Nc2c(F)ccc3[nH]c(C(F)(F)F)nc23)CCO1. The molecule has 2 aromatic carbocycles. The van der Waals surface area contributed by atoms with E-state index in [-0.39, 0.29) is 28.9 Å². The number of anilines is 1. The van der Waals surface area contributed by atoms with Crippen LogP contribution in [0.2, 0.25) is 0 Å². The van der Waals surface area contributed by atoms with Gasteiger partial charge < -0.3 is 19.8 Å². The quantitative estimate of drug-likeness (QED) is 0.441. The molecule has 1 fully saturated rings. The van der Waals surface area contributed by atoms with Crippen molar-refractivity contribution in [1.29, 1.82) is 0 Å². The van der Waals surface area contributed by atoms with Crippen molar-refractivity contribution in [3.05, 3.63) is 66.3 Å². The van der Waals surface area contributed by atoms with E-state index in [1.54, 1.807) is 6.08 Å². The van der Waals surface area contributed by atoms with Crippen molar-refractivity contribution in [2.45, 2.75) is 24.4 Å². The van der Waals surface area contributed by atoms with E-state index in [0.29, 0.717) is 32.1 Å². The molecule has 6 nitrogen and oxygen atoms in total. The molecule has 3 atom stereocenters. The summed E-state index contributed by atoms with van der Waals surface area (Å²) in [6.45, 7) is 5.83. The second kappa shape index (κ2) is 8.35. The fourth-order valence-corrected chi connectivity index (χ4v) is 4.46. The fraction of sp³-hybridized carbons (Fsp3) is 0.348. The number of benzene rings is 2. The van der Waals surface area contributed by atoms with Crippen molar-refractivity contribution in [1.82, 2.24) is 14.9 Å². The van der Waals surface area contributed by atoms with Gasteiger partial charge in [-0.3, -0.25) is 4.90 Å². The van der Waals surface area contributed by atoms with Crippen LogP contribution in [0.3, 0.4) is 0 Å². The maximum Gasteiger partial charge on any atom is 0.449 e. The number of alkyl halides is 3. The maximum atomic E-state index is 15.0. The largest absolute Gasteiger partial charge is 0.491 e. The third kappa shape index (κ3) is 4.04. The third-order valence-corrected chi connectivity index (χ3v) is 6.08. The van der Waals surface area contributed by atoms with E-state index in [0.717, 1.165) is 11.6 Å². The van der Waals surface area contributed by atoms with Crippen molar-refractivity contribution in [2.75, 3.05) is 31.6 Å². The minimum atomic E-state index is -4.67. The van der Waals surface area contributed by atoms with Crippen LogP contribution in [0.25, 0.3) is 11.0 Å². The van der Waals surface area contributed by atoms with E-state index in [2.05, 4.69) is 26.8 Å². The highest BCUT2D eigenvalue weighted by atomic mass is 19.4. The molecule has 33 heavy (non-hydrogen) atoms. The van der Waals surface area contributed by atoms with E-state index in [9.17, 15) is 17.6 Å². The molecule has 0 amide bonds. The number of H-pyrrole nitrogens is 1. The van der Waals surface area contributed by atoms with Gasteiger partial charge in [0.1, 0.15) is 23.7 Å². The average Bonchev–Trinajstić information content (AvgIpc) is 3.26. The summed E-state index contributed by atoms with van der Waals surface area (Å²) in [5.74, 6) is -1.21. The van der Waals surface area contributed by atoms with Gasteiger partial charge in [0.2, 0.25) is 5.82 Å². The number of morpholine rings is 1. The zero-order valence-corrected chi connectivity index (χ0v) is 17.5. The monoisotopic (exact) mass is 462 g/mol. The Labute approximate surface area is 187 Å². The van der Waals surface area contributed by atoms with Gasteiger partial charge in [-0.1, -0.05) is 24.3 Å². The van der Waals surface area contributed by atoms with Gasteiger partial charge in [-0.05, 0) is 18.2 Å². The molecule has 10 heteroatoms. The molecule has 2 aliphatic rings. The van der Waals surface area contributed by atoms with E-state index >= 15 is 0 Å². The van der Waals surface area contributed by atoms with Crippen molar-refractivity contribution < 1.29 is 27.0 Å². The van der Waals surface area contributed by atoms with Gasteiger partial charge in [-0.25, -0.2) is 9.37 Å². The predicted octanol–water partition coefficient (Wildman–Crippen LogP) is 4.52. The highest BCUT2D eigenvalue weighted by Crippen LogP contribution is 2.39. The number of aromatic amines is 1. The highest BCUT2D eigenvalue weighted by Gasteiger charge is 2.39. The fourth-order valence-electron chi connectivity index (χ4n) is 4.46. The van der Waals surface area contributed by atoms with Crippen LogP contribution < -0.4 is 10.1 Å². The number of nitrogens with one attached hydrogen (secondary N) is 2. The highest BCUT2D eigenvalue weighted by molar-refractivity contribution is 5.89. The predicted molar refractivity (Wildman–Crippen MR) is 115 cm³/mol. The van der Waals surface area contributed by atoms with Crippen LogP contribution in [-0.4, -0.2) is 53.3 Å². The zero-order valence-electron chi connectivity index (χ0n) is 17.5. The molecule has 0 radical (unpaired) electrons. The number of hydrogen-bond acceptors (Lipinski definition) is 5. The van der Waals surface area contributed by atoms with E-state index in [1.807, 2.05) is 24.3 Å². The van der Waals surface area contributed by atoms with Crippen molar-refractivity contribution in [2.24, 2.45) is 0 Å². The number of fused-ring (bicyclic) bond motifs is 2. The lowest BCUT2D eigenvalue weighted by Crippen LogP contribution is -2.54. The molecule has 0 bridgehead atoms. The first-order valence-corrected chi connectivity index (χ1v) is 10.6. The number of ether oxygens (including phenoxy) is 2. The Morgan fingerprint density at radius 1 is 1.21 bits per heavy atom. The van der Waals surface area contributed by atoms with Gasteiger partial charge in [0, 0.05) is 18.7 Å². The molecule has 0 saturated carbocycles. The van der Waals surface area contributed by atoms with Gasteiger partial charge >= 0.3 is 6.18 Å². The molecule has 1 aromatic heterocycles. The topological polar surface area (TPSA) is 62.4 Å². The molecule has 0 aliphatic carbocycles. The van der Waals surface area contributed by atoms with E-state index in [4.69, 9.17) is 9.47 Å². The minimum Gasteiger partial charge on any atom is -0.491 e. The van der Waals surface area contributed by atoms with Crippen LogP contribution in [0.1, 0.15) is 17.4 Å². The van der Waals surface area contributed by atoms with Crippen molar-refractivity contribution in [3.63, 3.8) is 0 Å². The first-order valence-electron chi connectivity index (χ1n) is 10.6. The Balaban J connectivity index is 1.57. The Kier molecular flexibility index (Phi) is 5.49. The molecule has 5 rings (SSSR count). The number of aromatic nitrogens is 2. The second-order valence-electron chi connectivity index (χ2n) is 8.08. The molecule has 3 aromatic rings. The first kappa shape index (κ1) is 21.7. The number of halogens is 4. The number of nitrogens with zero attached hydrogens (tertiary/aromatic N) is 2. The molecule has 2 N–H and O–H groups in total. The summed E-state index contributed by atoms with van der Waals surface area (Å²) in [4.78, 5) is 8.08. The molecular formula is C23H22F4N4O2. The summed E-state index contributed by atoms with van der Waals surface area (Å²) in [5, 5.41) is 3.18. The standard InChI is InChI=1S/C23H22F4N4O2/c1-2-13-11-31(9-10-32-13)17-12-33-18-6-4-3-5-14(18)19(17)29-20-15(24)7-8-16-21(20)30-22(28-16)23(25,26)27/h2-8,13,17,19,29H,1,9-12H2,(H,28,30). The lowest BCUT2D eigenvalue weighted by Gasteiger charge is -2.44. The lowest BCUT2D eigenvalue weighted by atomic mass is 9.94. The molecule has 174 valence electrons. The summed E-state index contributed by atoms with van der Waals surface area (Å²) in [6, 6.07) is 9.08. The number of para-hydroxylation sites is 1. The normalized spacial score (nSPS) is 23.7. The number of hydrogen-bond donors (Lipinski definition) is 2. The Morgan fingerprint density at radius 3 is 2.82 bits per heavy atom. The Hall–Kier alpha value is -3.11. The van der Waals surface area contributed by atoms with Gasteiger partial charge in [0.15, 0.2) is 0 Å². The molecule has 2 aliphatic heterocycles. The third-order valence-electron chi connectivity index (χ3n) is 6.08. The van der Waals surface area contributed by atoms with Crippen LogP contribution in [0.15, 0.2) is 49.1 Å². The summed E-state index contributed by atoms with van der Waals surface area (Å²) in [6.07, 6.45) is -3.10. The van der Waals surface area contributed by atoms with E-state index < -0.39 is 23.9 Å². The molecule has 3 unspecified atom stereocenters. The van der Waals surface area contributed by atoms with Gasteiger partial charge in [0.05, 0.1) is 36.0 Å². The van der Waals surface area contributed by atoms with Gasteiger partial charge in [-0.15, -0.1) is 6.58 Å². The van der Waals surface area contributed by atoms with Crippen molar-refractivity contribution in [3.8, 4) is 5.75 Å². The number of rotatable bonds is 4. The van der Waals surface area contributed by atoms with Crippen LogP contribution >= 0.6 is 0 Å². The van der Waals surface area contributed by atoms with Crippen LogP contribution in [0.4, 0.5) is 23.2 Å². The summed E-state index contributed by atoms with van der Waals surface area (Å²) in [5.41, 5.74) is 0.704. The van der Waals surface area contributed by atoms with Gasteiger partial charge in [0.25, 0.3) is 0 Å².